The Hall–Kier alpha value is -1.31. The summed E-state index contributed by atoms with van der Waals surface area (Å²) in [5.41, 5.74) is 1.90. The molecule has 5 nitrogen and oxygen atoms in total. The second-order valence-electron chi connectivity index (χ2n) is 5.22. The van der Waals surface area contributed by atoms with Gasteiger partial charge < -0.3 is 19.5 Å². The van der Waals surface area contributed by atoms with E-state index in [9.17, 15) is 0 Å². The largest absolute Gasteiger partial charge is 0.495 e. The Labute approximate surface area is 148 Å². The van der Waals surface area contributed by atoms with Crippen LogP contribution in [0.2, 0.25) is 0 Å². The number of ether oxygens (including phenoxy) is 3. The Bertz CT molecular complexity index is 671. The first-order chi connectivity index (χ1) is 11.2. The third-order valence-corrected chi connectivity index (χ3v) is 5.31. The lowest BCUT2D eigenvalue weighted by molar-refractivity contribution is 0.111. The molecule has 2 heterocycles. The van der Waals surface area contributed by atoms with Crippen LogP contribution in [0, 0.1) is 0 Å². The fraction of sp³-hybridized carbons (Fsp3) is 0.438. The highest BCUT2D eigenvalue weighted by molar-refractivity contribution is 9.10. The number of rotatable bonds is 6. The first-order valence-corrected chi connectivity index (χ1v) is 9.10. The van der Waals surface area contributed by atoms with Crippen molar-refractivity contribution in [1.29, 1.82) is 0 Å². The van der Waals surface area contributed by atoms with Crippen LogP contribution in [-0.2, 0) is 11.3 Å². The summed E-state index contributed by atoms with van der Waals surface area (Å²) in [6.45, 7) is 1.48. The number of hydrogen-bond acceptors (Lipinski definition) is 6. The van der Waals surface area contributed by atoms with Gasteiger partial charge in [-0.2, -0.15) is 0 Å². The van der Waals surface area contributed by atoms with Gasteiger partial charge in [0.2, 0.25) is 0 Å². The Balaban J connectivity index is 1.69. The fourth-order valence-electron chi connectivity index (χ4n) is 2.51. The van der Waals surface area contributed by atoms with Crippen LogP contribution in [0.4, 0.5) is 5.69 Å². The van der Waals surface area contributed by atoms with Crippen molar-refractivity contribution >= 4 is 33.0 Å². The zero-order valence-corrected chi connectivity index (χ0v) is 15.5. The van der Waals surface area contributed by atoms with Gasteiger partial charge in [-0.15, -0.1) is 11.3 Å². The fourth-order valence-corrected chi connectivity index (χ4v) is 3.91. The van der Waals surface area contributed by atoms with Gasteiger partial charge >= 0.3 is 0 Å². The molecule has 1 unspecified atom stereocenters. The lowest BCUT2D eigenvalue weighted by atomic mass is 10.2. The molecule has 1 fully saturated rings. The van der Waals surface area contributed by atoms with Gasteiger partial charge in [0.1, 0.15) is 22.6 Å². The number of anilines is 1. The lowest BCUT2D eigenvalue weighted by Crippen LogP contribution is -2.03. The minimum Gasteiger partial charge on any atom is -0.495 e. The minimum absolute atomic E-state index is 0.179. The maximum atomic E-state index is 5.68. The van der Waals surface area contributed by atoms with Crippen molar-refractivity contribution in [2.75, 3.05) is 26.1 Å². The number of aromatic nitrogens is 1. The van der Waals surface area contributed by atoms with Crippen LogP contribution >= 0.6 is 27.3 Å². The molecule has 0 amide bonds. The Morgan fingerprint density at radius 1 is 1.35 bits per heavy atom. The molecule has 124 valence electrons. The molecule has 23 heavy (non-hydrogen) atoms. The van der Waals surface area contributed by atoms with Crippen molar-refractivity contribution < 1.29 is 14.2 Å². The quantitative estimate of drug-likeness (QED) is 0.781. The van der Waals surface area contributed by atoms with E-state index in [2.05, 4.69) is 31.6 Å². The first kappa shape index (κ1) is 16.5. The molecule has 0 saturated carbocycles. The van der Waals surface area contributed by atoms with Crippen molar-refractivity contribution in [2.24, 2.45) is 0 Å². The molecule has 1 aromatic heterocycles. The number of benzene rings is 1. The highest BCUT2D eigenvalue weighted by atomic mass is 79.9. The van der Waals surface area contributed by atoms with Crippen molar-refractivity contribution in [3.05, 3.63) is 32.7 Å². The molecule has 7 heteroatoms. The number of nitrogens with one attached hydrogen (secondary N) is 1. The standard InChI is InChI=1S/C16H19BrN2O3S/c1-20-14-7-15(21-2)12(6-11(14)17)18-8-10-9-23-16(19-10)13-4-3-5-22-13/h6-7,9,13,18H,3-5,8H2,1-2H3. The van der Waals surface area contributed by atoms with Gasteiger partial charge in [0.05, 0.1) is 36.6 Å². The molecule has 3 rings (SSSR count). The Morgan fingerprint density at radius 2 is 2.17 bits per heavy atom. The monoisotopic (exact) mass is 398 g/mol. The summed E-state index contributed by atoms with van der Waals surface area (Å²) >= 11 is 5.16. The van der Waals surface area contributed by atoms with E-state index < -0.39 is 0 Å². The van der Waals surface area contributed by atoms with Crippen LogP contribution < -0.4 is 14.8 Å². The van der Waals surface area contributed by atoms with Gasteiger partial charge in [-0.3, -0.25) is 0 Å². The van der Waals surface area contributed by atoms with Crippen LogP contribution in [-0.4, -0.2) is 25.8 Å². The van der Waals surface area contributed by atoms with Crippen LogP contribution in [0.25, 0.3) is 0 Å². The zero-order chi connectivity index (χ0) is 16.2. The molecule has 0 radical (unpaired) electrons. The maximum absolute atomic E-state index is 5.68. The smallest absolute Gasteiger partial charge is 0.145 e. The average molecular weight is 399 g/mol. The van der Waals surface area contributed by atoms with Gasteiger partial charge in [-0.25, -0.2) is 4.98 Å². The molecule has 0 spiro atoms. The summed E-state index contributed by atoms with van der Waals surface area (Å²) in [4.78, 5) is 4.67. The van der Waals surface area contributed by atoms with Crippen molar-refractivity contribution in [2.45, 2.75) is 25.5 Å². The molecule has 0 bridgehead atoms. The first-order valence-electron chi connectivity index (χ1n) is 7.42. The maximum Gasteiger partial charge on any atom is 0.145 e. The van der Waals surface area contributed by atoms with Crippen molar-refractivity contribution in [3.8, 4) is 11.5 Å². The van der Waals surface area contributed by atoms with E-state index in [4.69, 9.17) is 14.2 Å². The van der Waals surface area contributed by atoms with Gasteiger partial charge in [0.25, 0.3) is 0 Å². The van der Waals surface area contributed by atoms with Crippen LogP contribution in [0.1, 0.15) is 29.6 Å². The molecule has 1 saturated heterocycles. The summed E-state index contributed by atoms with van der Waals surface area (Å²) in [6, 6.07) is 3.80. The summed E-state index contributed by atoms with van der Waals surface area (Å²) in [7, 11) is 3.28. The predicted octanol–water partition coefficient (Wildman–Crippen LogP) is 4.39. The van der Waals surface area contributed by atoms with Gasteiger partial charge in [-0.1, -0.05) is 0 Å². The van der Waals surface area contributed by atoms with Gasteiger partial charge in [0.15, 0.2) is 0 Å². The topological polar surface area (TPSA) is 52.6 Å². The zero-order valence-electron chi connectivity index (χ0n) is 13.1. The van der Waals surface area contributed by atoms with Crippen LogP contribution in [0.3, 0.4) is 0 Å². The van der Waals surface area contributed by atoms with E-state index in [-0.39, 0.29) is 6.10 Å². The molecule has 1 aliphatic rings. The molecule has 1 atom stereocenters. The number of nitrogens with zero attached hydrogens (tertiary/aromatic N) is 1. The summed E-state index contributed by atoms with van der Waals surface area (Å²) in [5.74, 6) is 1.47. The van der Waals surface area contributed by atoms with Crippen LogP contribution in [0.15, 0.2) is 22.0 Å². The third-order valence-electron chi connectivity index (χ3n) is 3.71. The van der Waals surface area contributed by atoms with Gasteiger partial charge in [-0.05, 0) is 34.8 Å². The highest BCUT2D eigenvalue weighted by Crippen LogP contribution is 2.36. The molecular formula is C16H19BrN2O3S. The predicted molar refractivity (Wildman–Crippen MR) is 94.6 cm³/mol. The van der Waals surface area contributed by atoms with E-state index in [1.165, 1.54) is 0 Å². The minimum atomic E-state index is 0.179. The van der Waals surface area contributed by atoms with E-state index >= 15 is 0 Å². The molecule has 1 aliphatic heterocycles. The SMILES string of the molecule is COc1cc(OC)c(NCc2csc(C3CCCO3)n2)cc1Br. The number of thiazole rings is 1. The molecule has 1 aromatic carbocycles. The molecule has 1 N–H and O–H groups in total. The van der Waals surface area contributed by atoms with Crippen LogP contribution in [0.5, 0.6) is 11.5 Å². The summed E-state index contributed by atoms with van der Waals surface area (Å²) < 4.78 is 17.3. The number of halogens is 1. The van der Waals surface area contributed by atoms with Crippen molar-refractivity contribution in [1.82, 2.24) is 4.98 Å². The Kier molecular flexibility index (Phi) is 5.40. The molecular weight excluding hydrogens is 380 g/mol. The second kappa shape index (κ2) is 7.51. The molecule has 2 aromatic rings. The van der Waals surface area contributed by atoms with E-state index in [0.29, 0.717) is 6.54 Å². The second-order valence-corrected chi connectivity index (χ2v) is 6.96. The van der Waals surface area contributed by atoms with E-state index in [1.807, 2.05) is 12.1 Å². The number of methoxy groups -OCH3 is 2. The summed E-state index contributed by atoms with van der Waals surface area (Å²) in [5, 5.41) is 6.52. The average Bonchev–Trinajstić information content (AvgIpc) is 3.24. The lowest BCUT2D eigenvalue weighted by Gasteiger charge is -2.13. The van der Waals surface area contributed by atoms with Crippen molar-refractivity contribution in [3.63, 3.8) is 0 Å². The highest BCUT2D eigenvalue weighted by Gasteiger charge is 2.20. The summed E-state index contributed by atoms with van der Waals surface area (Å²) in [6.07, 6.45) is 2.37. The van der Waals surface area contributed by atoms with Gasteiger partial charge in [0, 0.05) is 18.1 Å². The van der Waals surface area contributed by atoms with E-state index in [1.54, 1.807) is 25.6 Å². The number of hydrogen-bond donors (Lipinski definition) is 1. The normalized spacial score (nSPS) is 17.3. The van der Waals surface area contributed by atoms with E-state index in [0.717, 1.165) is 51.8 Å². The molecule has 0 aliphatic carbocycles. The Morgan fingerprint density at radius 3 is 2.87 bits per heavy atom. The third kappa shape index (κ3) is 3.79.